The first-order valence-corrected chi connectivity index (χ1v) is 24.2. The molecule has 0 bridgehead atoms. The van der Waals surface area contributed by atoms with Gasteiger partial charge in [0.15, 0.2) is 12.6 Å². The Kier molecular flexibility index (Phi) is 14.6. The Bertz CT molecular complexity index is 1750. The van der Waals surface area contributed by atoms with Gasteiger partial charge in [-0.25, -0.2) is 0 Å². The second kappa shape index (κ2) is 18.9. The van der Waals surface area contributed by atoms with E-state index in [4.69, 9.17) is 28.4 Å². The molecule has 0 aromatic heterocycles. The van der Waals surface area contributed by atoms with E-state index in [1.54, 1.807) is 0 Å². The lowest BCUT2D eigenvalue weighted by atomic mass is 9.38. The summed E-state index contributed by atoms with van der Waals surface area (Å²) in [5.74, 6) is -0.222. The first kappa shape index (κ1) is 50.9. The van der Waals surface area contributed by atoms with Crippen LogP contribution in [-0.2, 0) is 33.2 Å². The first-order chi connectivity index (χ1) is 31.0. The monoisotopic (exact) mass is 944 g/mol. The lowest BCUT2D eigenvalue weighted by Gasteiger charge is -2.67. The number of allylic oxidation sites excluding steroid dienone is 2. The fourth-order valence-corrected chi connectivity index (χ4v) is 14.7. The molecule has 19 nitrogen and oxygen atoms in total. The number of hydrogen-bond acceptors (Lipinski definition) is 19. The van der Waals surface area contributed by atoms with Crippen molar-refractivity contribution in [2.24, 2.45) is 63.6 Å². The standard InChI is InChI=1S/C47H76O19/c1-18-13-22(21-11-12-45(4)23-9-10-29-46(5,14-26(50)40(59)47(29,6)17-49)24(23)7-8-25(45)30(21)19(18)2)41(60)66-44-37(57)34(54)32(52)28(64-44)16-61-42-38(58)35(55)39(27(15-48)63-42)65-43-36(56)33(53)31(51)20(3)62-43/h8,18-24,26-40,42-44,48-59H,7,9-17H2,1-6H3/t18?,19?,20?,21?,22?,23?,24?,26?,27?,28?,29?,30?,31-,32+,33?,34?,35?,36-,37-,38-,39+,40?,42?,43?,44?,45?,46?,47?/m0/s1. The largest absolute Gasteiger partial charge is 0.432 e. The molecule has 19 heteroatoms. The Morgan fingerprint density at radius 2 is 1.39 bits per heavy atom. The van der Waals surface area contributed by atoms with Crippen LogP contribution < -0.4 is 0 Å². The van der Waals surface area contributed by atoms with E-state index in [0.29, 0.717) is 18.8 Å². The molecule has 8 aliphatic rings. The molecule has 0 amide bonds. The molecule has 22 unspecified atom stereocenters. The third kappa shape index (κ3) is 8.24. The fourth-order valence-electron chi connectivity index (χ4n) is 14.7. The van der Waals surface area contributed by atoms with Gasteiger partial charge in [-0.05, 0) is 104 Å². The zero-order valence-electron chi connectivity index (χ0n) is 38.8. The number of ether oxygens (including phenoxy) is 6. The van der Waals surface area contributed by atoms with Crippen LogP contribution in [0.5, 0.6) is 0 Å². The second-order valence-corrected chi connectivity index (χ2v) is 22.2. The molecular weight excluding hydrogens is 868 g/mol. The Morgan fingerprint density at radius 3 is 2.08 bits per heavy atom. The molecule has 0 spiro atoms. The highest BCUT2D eigenvalue weighted by Gasteiger charge is 2.66. The summed E-state index contributed by atoms with van der Waals surface area (Å²) in [7, 11) is 0. The minimum absolute atomic E-state index is 0.0458. The van der Waals surface area contributed by atoms with Crippen LogP contribution in [0.25, 0.3) is 0 Å². The summed E-state index contributed by atoms with van der Waals surface area (Å²) < 4.78 is 34.3. The Balaban J connectivity index is 0.933. The minimum Gasteiger partial charge on any atom is -0.432 e. The smallest absolute Gasteiger partial charge is 0.311 e. The number of rotatable bonds is 9. The van der Waals surface area contributed by atoms with E-state index in [-0.39, 0.29) is 52.9 Å². The van der Waals surface area contributed by atoms with Crippen molar-refractivity contribution < 1.29 is 94.5 Å². The van der Waals surface area contributed by atoms with E-state index in [0.717, 1.165) is 32.1 Å². The Labute approximate surface area is 385 Å². The van der Waals surface area contributed by atoms with E-state index in [2.05, 4.69) is 33.8 Å². The van der Waals surface area contributed by atoms with Crippen molar-refractivity contribution in [1.29, 1.82) is 0 Å². The van der Waals surface area contributed by atoms with E-state index < -0.39 is 135 Å². The third-order valence-electron chi connectivity index (χ3n) is 18.8. The molecule has 3 heterocycles. The predicted molar refractivity (Wildman–Crippen MR) is 227 cm³/mol. The molecule has 8 rings (SSSR count). The summed E-state index contributed by atoms with van der Waals surface area (Å²) in [4.78, 5) is 14.4. The molecule has 0 aromatic carbocycles. The highest BCUT2D eigenvalue weighted by molar-refractivity contribution is 5.73. The van der Waals surface area contributed by atoms with Gasteiger partial charge in [-0.1, -0.05) is 46.3 Å². The number of fused-ring (bicyclic) bond motifs is 7. The number of hydrogen-bond donors (Lipinski definition) is 12. The van der Waals surface area contributed by atoms with Gasteiger partial charge in [-0.3, -0.25) is 4.79 Å². The Morgan fingerprint density at radius 1 is 0.742 bits per heavy atom. The van der Waals surface area contributed by atoms with Gasteiger partial charge in [0.25, 0.3) is 0 Å². The number of aliphatic hydroxyl groups is 12. The van der Waals surface area contributed by atoms with Crippen molar-refractivity contribution >= 4 is 5.97 Å². The summed E-state index contributed by atoms with van der Waals surface area (Å²) in [6.07, 6.45) is -18.6. The summed E-state index contributed by atoms with van der Waals surface area (Å²) in [5, 5.41) is 129. The van der Waals surface area contributed by atoms with Gasteiger partial charge in [0.05, 0.1) is 44.1 Å². The predicted octanol–water partition coefficient (Wildman–Crippen LogP) is -1.57. The molecule has 0 radical (unpaired) electrons. The Hall–Kier alpha value is -1.47. The van der Waals surface area contributed by atoms with Gasteiger partial charge in [0, 0.05) is 5.41 Å². The maximum atomic E-state index is 14.4. The van der Waals surface area contributed by atoms with Crippen molar-refractivity contribution in [2.45, 2.75) is 191 Å². The van der Waals surface area contributed by atoms with E-state index in [9.17, 15) is 66.1 Å². The van der Waals surface area contributed by atoms with Crippen LogP contribution in [0, 0.1) is 63.6 Å². The zero-order chi connectivity index (χ0) is 48.1. The van der Waals surface area contributed by atoms with Gasteiger partial charge in [-0.2, -0.15) is 0 Å². The highest BCUT2D eigenvalue weighted by Crippen LogP contribution is 2.70. The van der Waals surface area contributed by atoms with E-state index >= 15 is 0 Å². The molecular formula is C47H76O19. The van der Waals surface area contributed by atoms with Crippen LogP contribution in [-0.4, -0.2) is 191 Å². The van der Waals surface area contributed by atoms with Crippen molar-refractivity contribution in [3.8, 4) is 0 Å². The van der Waals surface area contributed by atoms with Crippen LogP contribution in [0.3, 0.4) is 0 Å². The number of carbonyl (C=O) groups excluding carboxylic acids is 1. The molecule has 3 saturated heterocycles. The van der Waals surface area contributed by atoms with Crippen molar-refractivity contribution in [3.63, 3.8) is 0 Å². The van der Waals surface area contributed by atoms with Gasteiger partial charge < -0.3 is 89.7 Å². The SMILES string of the molecule is CC1CC(C(=O)OC2OC(COC3OC(CO)[C@@H](OC4OC(C)[C@H](O)C(O)[C@@H]4O)C(O)[C@@H]3O)[C@@H](O)C(O)[C@@H]2O)C2CCC3(C)C(=CCC4C3CCC3C(C)(CO)C(O)C(O)CC43C)C2C1C. The summed E-state index contributed by atoms with van der Waals surface area (Å²) in [5.41, 5.74) is 0.0866. The van der Waals surface area contributed by atoms with Gasteiger partial charge in [0.1, 0.15) is 67.1 Å². The molecule has 3 aliphatic heterocycles. The molecule has 5 aliphatic carbocycles. The maximum Gasteiger partial charge on any atom is 0.311 e. The molecule has 4 saturated carbocycles. The number of esters is 1. The van der Waals surface area contributed by atoms with Crippen LogP contribution in [0.15, 0.2) is 11.6 Å². The van der Waals surface area contributed by atoms with Crippen LogP contribution in [0.4, 0.5) is 0 Å². The summed E-state index contributed by atoms with van der Waals surface area (Å²) >= 11 is 0. The molecule has 0 aromatic rings. The number of carbonyl (C=O) groups is 1. The topological polar surface area (TPSA) is 315 Å². The van der Waals surface area contributed by atoms with E-state index in [1.165, 1.54) is 12.5 Å². The zero-order valence-corrected chi connectivity index (χ0v) is 38.8. The van der Waals surface area contributed by atoms with Gasteiger partial charge in [0.2, 0.25) is 6.29 Å². The highest BCUT2D eigenvalue weighted by atomic mass is 16.8. The lowest BCUT2D eigenvalue weighted by molar-refractivity contribution is -0.361. The summed E-state index contributed by atoms with van der Waals surface area (Å²) in [6, 6.07) is 0. The summed E-state index contributed by atoms with van der Waals surface area (Å²) in [6.45, 7) is 10.7. The van der Waals surface area contributed by atoms with Crippen LogP contribution in [0.1, 0.15) is 86.5 Å². The molecule has 28 atom stereocenters. The van der Waals surface area contributed by atoms with Crippen molar-refractivity contribution in [3.05, 3.63) is 11.6 Å². The van der Waals surface area contributed by atoms with Crippen molar-refractivity contribution in [1.82, 2.24) is 0 Å². The van der Waals surface area contributed by atoms with Crippen molar-refractivity contribution in [2.75, 3.05) is 19.8 Å². The minimum atomic E-state index is -1.85. The molecule has 12 N–H and O–H groups in total. The quantitative estimate of drug-likeness (QED) is 0.0918. The average Bonchev–Trinajstić information content (AvgIpc) is 3.29. The van der Waals surface area contributed by atoms with Crippen LogP contribution in [0.2, 0.25) is 0 Å². The maximum absolute atomic E-state index is 14.4. The second-order valence-electron chi connectivity index (χ2n) is 22.2. The first-order valence-electron chi connectivity index (χ1n) is 24.2. The molecule has 66 heavy (non-hydrogen) atoms. The van der Waals surface area contributed by atoms with Gasteiger partial charge >= 0.3 is 5.97 Å². The molecule has 378 valence electrons. The van der Waals surface area contributed by atoms with Crippen LogP contribution >= 0.6 is 0 Å². The molecule has 7 fully saturated rings. The van der Waals surface area contributed by atoms with Gasteiger partial charge in [-0.15, -0.1) is 0 Å². The third-order valence-corrected chi connectivity index (χ3v) is 18.8. The normalized spacial score (nSPS) is 56.2. The number of aliphatic hydroxyl groups excluding tert-OH is 12. The van der Waals surface area contributed by atoms with E-state index in [1.807, 2.05) is 6.92 Å². The fraction of sp³-hybridized carbons (Fsp3) is 0.936. The lowest BCUT2D eigenvalue weighted by Crippen LogP contribution is -2.65. The average molecular weight is 945 g/mol.